The summed E-state index contributed by atoms with van der Waals surface area (Å²) in [6.07, 6.45) is 4.43. The van der Waals surface area contributed by atoms with E-state index in [1.54, 1.807) is 6.26 Å². The van der Waals surface area contributed by atoms with Gasteiger partial charge in [0.25, 0.3) is 0 Å². The zero-order valence-corrected chi connectivity index (χ0v) is 13.1. The summed E-state index contributed by atoms with van der Waals surface area (Å²) in [6, 6.07) is 9.39. The molecule has 3 nitrogen and oxygen atoms in total. The van der Waals surface area contributed by atoms with Crippen LogP contribution in [0.15, 0.2) is 34.9 Å². The predicted molar refractivity (Wildman–Crippen MR) is 86.6 cm³/mol. The molecule has 21 heavy (non-hydrogen) atoms. The van der Waals surface area contributed by atoms with Crippen molar-refractivity contribution < 1.29 is 4.42 Å². The highest BCUT2D eigenvalue weighted by Gasteiger charge is 2.21. The lowest BCUT2D eigenvalue weighted by molar-refractivity contribution is 0.499. The number of nitrogens with zero attached hydrogens (tertiary/aromatic N) is 1. The normalized spacial score (nSPS) is 14.4. The maximum atomic E-state index is 5.69. The van der Waals surface area contributed by atoms with Crippen LogP contribution in [0.2, 0.25) is 0 Å². The summed E-state index contributed by atoms with van der Waals surface area (Å²) in [4.78, 5) is 2.26. The Hall–Kier alpha value is -1.74. The molecule has 0 spiro atoms. The number of furan rings is 1. The molecule has 1 aromatic carbocycles. The van der Waals surface area contributed by atoms with E-state index in [0.717, 1.165) is 24.9 Å². The van der Waals surface area contributed by atoms with E-state index in [2.05, 4.69) is 55.4 Å². The summed E-state index contributed by atoms with van der Waals surface area (Å²) in [7, 11) is 2.12. The van der Waals surface area contributed by atoms with Crippen molar-refractivity contribution in [3.63, 3.8) is 0 Å². The summed E-state index contributed by atoms with van der Waals surface area (Å²) in [5.41, 5.74) is 5.15. The molecule has 0 radical (unpaired) electrons. The summed E-state index contributed by atoms with van der Waals surface area (Å²) in [5, 5.41) is 3.55. The third kappa shape index (κ3) is 3.48. The molecule has 0 saturated heterocycles. The lowest BCUT2D eigenvalue weighted by Crippen LogP contribution is -2.20. The van der Waals surface area contributed by atoms with Crippen LogP contribution in [0.3, 0.4) is 0 Å². The highest BCUT2D eigenvalue weighted by molar-refractivity contribution is 5.54. The average molecular weight is 284 g/mol. The molecule has 3 rings (SSSR count). The molecule has 1 aromatic heterocycles. The fraction of sp³-hybridized carbons (Fsp3) is 0.444. The fourth-order valence-corrected chi connectivity index (χ4v) is 2.74. The Balaban J connectivity index is 1.68. The van der Waals surface area contributed by atoms with Gasteiger partial charge >= 0.3 is 0 Å². The first-order valence-corrected chi connectivity index (χ1v) is 7.70. The minimum atomic E-state index is 0.727. The zero-order valence-electron chi connectivity index (χ0n) is 13.1. The monoisotopic (exact) mass is 284 g/mol. The molecule has 0 bridgehead atoms. The minimum Gasteiger partial charge on any atom is -0.467 e. The van der Waals surface area contributed by atoms with Crippen molar-refractivity contribution in [2.75, 3.05) is 11.9 Å². The van der Waals surface area contributed by atoms with Crippen LogP contribution in [0.25, 0.3) is 0 Å². The highest BCUT2D eigenvalue weighted by Crippen LogP contribution is 2.24. The summed E-state index contributed by atoms with van der Waals surface area (Å²) >= 11 is 0. The molecule has 0 amide bonds. The van der Waals surface area contributed by atoms with E-state index in [1.165, 1.54) is 35.2 Å². The molecule has 1 saturated carbocycles. The van der Waals surface area contributed by atoms with Gasteiger partial charge in [-0.2, -0.15) is 0 Å². The number of benzene rings is 1. The van der Waals surface area contributed by atoms with Crippen LogP contribution in [-0.2, 0) is 13.1 Å². The van der Waals surface area contributed by atoms with Gasteiger partial charge in [-0.15, -0.1) is 0 Å². The lowest BCUT2D eigenvalue weighted by Gasteiger charge is -2.21. The van der Waals surface area contributed by atoms with Crippen molar-refractivity contribution in [1.82, 2.24) is 5.32 Å². The smallest absolute Gasteiger partial charge is 0.127 e. The van der Waals surface area contributed by atoms with Gasteiger partial charge in [-0.25, -0.2) is 0 Å². The summed E-state index contributed by atoms with van der Waals surface area (Å²) in [5.74, 6) is 1.06. The second-order valence-electron chi connectivity index (χ2n) is 6.17. The van der Waals surface area contributed by atoms with Gasteiger partial charge in [0.05, 0.1) is 12.8 Å². The Morgan fingerprint density at radius 3 is 2.76 bits per heavy atom. The molecule has 2 aromatic rings. The third-order valence-corrected chi connectivity index (χ3v) is 4.14. The van der Waals surface area contributed by atoms with Crippen LogP contribution >= 0.6 is 0 Å². The molecule has 1 aliphatic rings. The van der Waals surface area contributed by atoms with Crippen molar-refractivity contribution in [3.05, 3.63) is 53.0 Å². The van der Waals surface area contributed by atoms with Crippen molar-refractivity contribution in [3.8, 4) is 0 Å². The standard InChI is InChI=1S/C18H24N2O/c1-13-4-7-17(14(2)10-13)20(3)12-18-15(8-9-21-18)11-19-16-5-6-16/h4,7-10,16,19H,5-6,11-12H2,1-3H3. The van der Waals surface area contributed by atoms with Gasteiger partial charge in [0.15, 0.2) is 0 Å². The van der Waals surface area contributed by atoms with Crippen molar-refractivity contribution in [2.45, 2.75) is 45.8 Å². The molecule has 1 aliphatic carbocycles. The van der Waals surface area contributed by atoms with E-state index >= 15 is 0 Å². The second-order valence-corrected chi connectivity index (χ2v) is 6.17. The van der Waals surface area contributed by atoms with E-state index in [0.29, 0.717) is 0 Å². The molecule has 112 valence electrons. The Kier molecular flexibility index (Phi) is 4.02. The maximum Gasteiger partial charge on any atom is 0.127 e. The fourth-order valence-electron chi connectivity index (χ4n) is 2.74. The topological polar surface area (TPSA) is 28.4 Å². The van der Waals surface area contributed by atoms with Gasteiger partial charge in [-0.1, -0.05) is 17.7 Å². The van der Waals surface area contributed by atoms with E-state index in [9.17, 15) is 0 Å². The zero-order chi connectivity index (χ0) is 14.8. The highest BCUT2D eigenvalue weighted by atomic mass is 16.3. The number of anilines is 1. The largest absolute Gasteiger partial charge is 0.467 e. The minimum absolute atomic E-state index is 0.727. The van der Waals surface area contributed by atoms with Crippen molar-refractivity contribution in [2.24, 2.45) is 0 Å². The number of aryl methyl sites for hydroxylation is 2. The van der Waals surface area contributed by atoms with E-state index < -0.39 is 0 Å². The first kappa shape index (κ1) is 14.2. The summed E-state index contributed by atoms with van der Waals surface area (Å²) < 4.78 is 5.69. The Morgan fingerprint density at radius 1 is 1.24 bits per heavy atom. The summed E-state index contributed by atoms with van der Waals surface area (Å²) in [6.45, 7) is 6.01. The van der Waals surface area contributed by atoms with Gasteiger partial charge in [-0.3, -0.25) is 0 Å². The average Bonchev–Trinajstić information content (AvgIpc) is 3.17. The van der Waals surface area contributed by atoms with Crippen LogP contribution in [0.1, 0.15) is 35.3 Å². The second kappa shape index (κ2) is 5.94. The molecule has 0 atom stereocenters. The van der Waals surface area contributed by atoms with Crippen LogP contribution in [0, 0.1) is 13.8 Å². The number of rotatable bonds is 6. The number of hydrogen-bond acceptors (Lipinski definition) is 3. The van der Waals surface area contributed by atoms with Gasteiger partial charge in [-0.05, 0) is 44.4 Å². The molecule has 0 unspecified atom stereocenters. The number of nitrogens with one attached hydrogen (secondary N) is 1. The van der Waals surface area contributed by atoms with Crippen molar-refractivity contribution in [1.29, 1.82) is 0 Å². The van der Waals surface area contributed by atoms with Crippen LogP contribution in [0.4, 0.5) is 5.69 Å². The Bertz CT molecular complexity index is 613. The third-order valence-electron chi connectivity index (χ3n) is 4.14. The number of hydrogen-bond donors (Lipinski definition) is 1. The van der Waals surface area contributed by atoms with Crippen LogP contribution in [0.5, 0.6) is 0 Å². The first-order valence-electron chi connectivity index (χ1n) is 7.70. The lowest BCUT2D eigenvalue weighted by atomic mass is 10.1. The molecular weight excluding hydrogens is 260 g/mol. The molecular formula is C18H24N2O. The van der Waals surface area contributed by atoms with Crippen LogP contribution in [-0.4, -0.2) is 13.1 Å². The maximum absolute atomic E-state index is 5.69. The predicted octanol–water partition coefficient (Wildman–Crippen LogP) is 3.78. The van der Waals surface area contributed by atoms with Crippen molar-refractivity contribution >= 4 is 5.69 Å². The molecule has 0 aliphatic heterocycles. The van der Waals surface area contributed by atoms with Gasteiger partial charge in [0.1, 0.15) is 5.76 Å². The molecule has 1 heterocycles. The first-order chi connectivity index (χ1) is 10.1. The SMILES string of the molecule is Cc1ccc(N(C)Cc2occc2CNC2CC2)c(C)c1. The molecule has 1 N–H and O–H groups in total. The van der Waals surface area contributed by atoms with E-state index in [4.69, 9.17) is 4.42 Å². The van der Waals surface area contributed by atoms with Crippen LogP contribution < -0.4 is 10.2 Å². The Labute approximate surface area is 127 Å². The van der Waals surface area contributed by atoms with E-state index in [1.807, 2.05) is 0 Å². The van der Waals surface area contributed by atoms with Gasteiger partial charge in [0, 0.05) is 30.9 Å². The Morgan fingerprint density at radius 2 is 2.05 bits per heavy atom. The van der Waals surface area contributed by atoms with Gasteiger partial charge < -0.3 is 14.6 Å². The van der Waals surface area contributed by atoms with E-state index in [-0.39, 0.29) is 0 Å². The van der Waals surface area contributed by atoms with Gasteiger partial charge in [0.2, 0.25) is 0 Å². The quantitative estimate of drug-likeness (QED) is 0.875. The molecule has 1 fully saturated rings. The molecule has 3 heteroatoms.